The number of hydrogen-bond donors (Lipinski definition) is 0. The second kappa shape index (κ2) is 5.82. The Morgan fingerprint density at radius 3 is 2.22 bits per heavy atom. The van der Waals surface area contributed by atoms with Gasteiger partial charge in [-0.25, -0.2) is 0 Å². The molecule has 2 aromatic carbocycles. The maximum absolute atomic E-state index is 10.6. The van der Waals surface area contributed by atoms with Crippen molar-refractivity contribution in [2.45, 2.75) is 6.10 Å². The summed E-state index contributed by atoms with van der Waals surface area (Å²) in [5, 5.41) is 0. The number of aldehydes is 1. The van der Waals surface area contributed by atoms with Gasteiger partial charge in [0.25, 0.3) is 0 Å². The van der Waals surface area contributed by atoms with Crippen molar-refractivity contribution in [2.75, 3.05) is 0 Å². The summed E-state index contributed by atoms with van der Waals surface area (Å²) in [7, 11) is 0. The minimum absolute atomic E-state index is 0.187. The number of carbonyl (C=O) groups excluding carboxylic acids is 1. The van der Waals surface area contributed by atoms with Gasteiger partial charge in [-0.2, -0.15) is 0 Å². The van der Waals surface area contributed by atoms with Crippen molar-refractivity contribution < 1.29 is 9.53 Å². The maximum atomic E-state index is 10.6. The highest BCUT2D eigenvalue weighted by Crippen LogP contribution is 2.22. The smallest absolute Gasteiger partial charge is 0.150 e. The molecule has 0 aliphatic heterocycles. The summed E-state index contributed by atoms with van der Waals surface area (Å²) in [4.78, 5) is 10.6. The van der Waals surface area contributed by atoms with Crippen LogP contribution in [0.15, 0.2) is 67.3 Å². The Hall–Kier alpha value is -2.35. The van der Waals surface area contributed by atoms with Gasteiger partial charge in [-0.05, 0) is 35.9 Å². The summed E-state index contributed by atoms with van der Waals surface area (Å²) in [6, 6.07) is 16.9. The molecule has 0 radical (unpaired) electrons. The highest BCUT2D eigenvalue weighted by Gasteiger charge is 2.08. The Bertz CT molecular complexity index is 515. The summed E-state index contributed by atoms with van der Waals surface area (Å²) in [6.07, 6.45) is 2.38. The molecule has 0 aliphatic rings. The van der Waals surface area contributed by atoms with Gasteiger partial charge in [-0.3, -0.25) is 4.79 Å². The maximum Gasteiger partial charge on any atom is 0.150 e. The zero-order chi connectivity index (χ0) is 12.8. The van der Waals surface area contributed by atoms with Gasteiger partial charge in [-0.1, -0.05) is 36.9 Å². The van der Waals surface area contributed by atoms with Gasteiger partial charge in [0.15, 0.2) is 0 Å². The molecule has 0 aromatic heterocycles. The average Bonchev–Trinajstić information content (AvgIpc) is 2.46. The van der Waals surface area contributed by atoms with E-state index in [1.807, 2.05) is 30.3 Å². The predicted molar refractivity (Wildman–Crippen MR) is 71.8 cm³/mol. The summed E-state index contributed by atoms with van der Waals surface area (Å²) >= 11 is 0. The van der Waals surface area contributed by atoms with Gasteiger partial charge in [0.05, 0.1) is 0 Å². The normalized spacial score (nSPS) is 11.6. The molecule has 0 bridgehead atoms. The molecule has 0 fully saturated rings. The van der Waals surface area contributed by atoms with Gasteiger partial charge < -0.3 is 4.74 Å². The molecule has 0 amide bonds. The Balaban J connectivity index is 2.15. The summed E-state index contributed by atoms with van der Waals surface area (Å²) in [5.41, 5.74) is 1.68. The lowest BCUT2D eigenvalue weighted by molar-refractivity contribution is 0.112. The largest absolute Gasteiger partial charge is 0.482 e. The van der Waals surface area contributed by atoms with Gasteiger partial charge in [0, 0.05) is 5.56 Å². The third kappa shape index (κ3) is 2.86. The van der Waals surface area contributed by atoms with E-state index in [1.165, 1.54) is 0 Å². The van der Waals surface area contributed by atoms with Crippen molar-refractivity contribution in [1.82, 2.24) is 0 Å². The van der Waals surface area contributed by atoms with Gasteiger partial charge >= 0.3 is 0 Å². The predicted octanol–water partition coefficient (Wildman–Crippen LogP) is 3.81. The standard InChI is InChI=1S/C16H14O2/c1-2-16(14-6-4-3-5-7-14)18-15-10-8-13(12-17)9-11-15/h2-12,16H,1H2/t16-/m0/s1. The topological polar surface area (TPSA) is 26.3 Å². The molecule has 2 nitrogen and oxygen atoms in total. The molecule has 0 spiro atoms. The molecule has 0 heterocycles. The summed E-state index contributed by atoms with van der Waals surface area (Å²) in [5.74, 6) is 0.717. The molecule has 0 unspecified atom stereocenters. The van der Waals surface area contributed by atoms with Crippen LogP contribution in [0.3, 0.4) is 0 Å². The van der Waals surface area contributed by atoms with Crippen LogP contribution in [0.5, 0.6) is 5.75 Å². The van der Waals surface area contributed by atoms with Crippen LogP contribution in [0.4, 0.5) is 0 Å². The van der Waals surface area contributed by atoms with Crippen LogP contribution in [0.1, 0.15) is 22.0 Å². The van der Waals surface area contributed by atoms with Crippen LogP contribution in [0, 0.1) is 0 Å². The first-order valence-corrected chi connectivity index (χ1v) is 5.73. The lowest BCUT2D eigenvalue weighted by Crippen LogP contribution is -2.04. The first-order chi connectivity index (χ1) is 8.83. The Labute approximate surface area is 107 Å². The lowest BCUT2D eigenvalue weighted by Gasteiger charge is -2.15. The van der Waals surface area contributed by atoms with Crippen LogP contribution in [0.25, 0.3) is 0 Å². The highest BCUT2D eigenvalue weighted by molar-refractivity contribution is 5.74. The second-order valence-electron chi connectivity index (χ2n) is 3.87. The van der Waals surface area contributed by atoms with E-state index >= 15 is 0 Å². The molecule has 2 rings (SSSR count). The number of hydrogen-bond acceptors (Lipinski definition) is 2. The lowest BCUT2D eigenvalue weighted by atomic mass is 10.1. The average molecular weight is 238 g/mol. The fourth-order valence-corrected chi connectivity index (χ4v) is 1.67. The minimum Gasteiger partial charge on any atom is -0.482 e. The summed E-state index contributed by atoms with van der Waals surface area (Å²) < 4.78 is 5.82. The Kier molecular flexibility index (Phi) is 3.92. The van der Waals surface area contributed by atoms with Crippen LogP contribution in [0.2, 0.25) is 0 Å². The number of rotatable bonds is 5. The van der Waals surface area contributed by atoms with Gasteiger partial charge in [0.1, 0.15) is 18.1 Å². The van der Waals surface area contributed by atoms with Crippen molar-refractivity contribution in [3.05, 3.63) is 78.4 Å². The SMILES string of the molecule is C=C[C@H](Oc1ccc(C=O)cc1)c1ccccc1. The van der Waals surface area contributed by atoms with Crippen molar-refractivity contribution in [2.24, 2.45) is 0 Å². The number of benzene rings is 2. The molecule has 0 saturated carbocycles. The molecular weight excluding hydrogens is 224 g/mol. The molecule has 2 aromatic rings. The minimum atomic E-state index is -0.187. The van der Waals surface area contributed by atoms with E-state index in [0.717, 1.165) is 11.8 Å². The molecule has 90 valence electrons. The van der Waals surface area contributed by atoms with Crippen LogP contribution >= 0.6 is 0 Å². The van der Waals surface area contributed by atoms with Gasteiger partial charge in [-0.15, -0.1) is 0 Å². The van der Waals surface area contributed by atoms with Crippen molar-refractivity contribution in [3.63, 3.8) is 0 Å². The van der Waals surface area contributed by atoms with Gasteiger partial charge in [0.2, 0.25) is 0 Å². The fourth-order valence-electron chi connectivity index (χ4n) is 1.67. The molecule has 2 heteroatoms. The number of carbonyl (C=O) groups is 1. The Morgan fingerprint density at radius 2 is 1.67 bits per heavy atom. The van der Waals surface area contributed by atoms with E-state index in [-0.39, 0.29) is 6.10 Å². The monoisotopic (exact) mass is 238 g/mol. The molecule has 0 saturated heterocycles. The van der Waals surface area contributed by atoms with E-state index in [0.29, 0.717) is 11.3 Å². The fraction of sp³-hybridized carbons (Fsp3) is 0.0625. The first-order valence-electron chi connectivity index (χ1n) is 5.73. The zero-order valence-electron chi connectivity index (χ0n) is 9.95. The van der Waals surface area contributed by atoms with Crippen molar-refractivity contribution >= 4 is 6.29 Å². The van der Waals surface area contributed by atoms with Crippen molar-refractivity contribution in [1.29, 1.82) is 0 Å². The van der Waals surface area contributed by atoms with E-state index in [1.54, 1.807) is 30.3 Å². The molecule has 0 N–H and O–H groups in total. The van der Waals surface area contributed by atoms with Crippen LogP contribution in [-0.4, -0.2) is 6.29 Å². The Morgan fingerprint density at radius 1 is 1.00 bits per heavy atom. The molecule has 18 heavy (non-hydrogen) atoms. The van der Waals surface area contributed by atoms with Crippen LogP contribution < -0.4 is 4.74 Å². The molecule has 0 aliphatic carbocycles. The van der Waals surface area contributed by atoms with E-state index in [4.69, 9.17) is 4.74 Å². The van der Waals surface area contributed by atoms with E-state index < -0.39 is 0 Å². The van der Waals surface area contributed by atoms with E-state index in [9.17, 15) is 4.79 Å². The quantitative estimate of drug-likeness (QED) is 0.585. The highest BCUT2D eigenvalue weighted by atomic mass is 16.5. The molecular formula is C16H14O2. The third-order valence-electron chi connectivity index (χ3n) is 2.62. The van der Waals surface area contributed by atoms with Crippen molar-refractivity contribution in [3.8, 4) is 5.75 Å². The molecule has 1 atom stereocenters. The first kappa shape index (κ1) is 12.1. The zero-order valence-corrected chi connectivity index (χ0v) is 9.95. The van der Waals surface area contributed by atoms with Crippen LogP contribution in [-0.2, 0) is 0 Å². The number of ether oxygens (including phenoxy) is 1. The summed E-state index contributed by atoms with van der Waals surface area (Å²) in [6.45, 7) is 3.79. The van der Waals surface area contributed by atoms with E-state index in [2.05, 4.69) is 6.58 Å². The second-order valence-corrected chi connectivity index (χ2v) is 3.87. The third-order valence-corrected chi connectivity index (χ3v) is 2.62.